The molecule has 0 aliphatic carbocycles. The minimum Gasteiger partial charge on any atom is -0.393 e. The molecule has 0 rings (SSSR count). The van der Waals surface area contributed by atoms with Crippen LogP contribution < -0.4 is 5.73 Å². The predicted molar refractivity (Wildman–Crippen MR) is 39.2 cm³/mol. The number of rotatable bonds is 5. The van der Waals surface area contributed by atoms with Gasteiger partial charge in [-0.25, -0.2) is 0 Å². The summed E-state index contributed by atoms with van der Waals surface area (Å²) in [5, 5.41) is 9.10. The molecule has 0 aliphatic heterocycles. The molecule has 0 radical (unpaired) electrons. The fourth-order valence-corrected chi connectivity index (χ4v) is 0.776. The van der Waals surface area contributed by atoms with Crippen LogP contribution in [-0.2, 0) is 0 Å². The molecular formula is C7H17NO. The van der Waals surface area contributed by atoms with E-state index in [4.69, 9.17) is 10.8 Å². The first kappa shape index (κ1) is 8.92. The Kier molecular flexibility index (Phi) is 5.99. The van der Waals surface area contributed by atoms with E-state index in [1.54, 1.807) is 0 Å². The van der Waals surface area contributed by atoms with Gasteiger partial charge < -0.3 is 10.8 Å². The minimum absolute atomic E-state index is 0.157. The van der Waals surface area contributed by atoms with E-state index in [2.05, 4.69) is 6.92 Å². The van der Waals surface area contributed by atoms with Gasteiger partial charge in [-0.2, -0.15) is 0 Å². The van der Waals surface area contributed by atoms with Crippen molar-refractivity contribution >= 4 is 0 Å². The van der Waals surface area contributed by atoms with Gasteiger partial charge >= 0.3 is 0 Å². The number of nitrogens with two attached hydrogens (primary N) is 1. The average molecular weight is 131 g/mol. The van der Waals surface area contributed by atoms with Gasteiger partial charge in [0.25, 0.3) is 0 Å². The first-order chi connectivity index (χ1) is 4.31. The van der Waals surface area contributed by atoms with Crippen LogP contribution in [0.1, 0.15) is 32.6 Å². The maximum Gasteiger partial charge on any atom is 0.0552 e. The van der Waals surface area contributed by atoms with Gasteiger partial charge in [0, 0.05) is 0 Å². The smallest absolute Gasteiger partial charge is 0.0552 e. The first-order valence-corrected chi connectivity index (χ1v) is 3.69. The highest BCUT2D eigenvalue weighted by molar-refractivity contribution is 4.54. The van der Waals surface area contributed by atoms with Crippen molar-refractivity contribution in [1.82, 2.24) is 0 Å². The van der Waals surface area contributed by atoms with Crippen LogP contribution in [0, 0.1) is 0 Å². The summed E-state index contributed by atoms with van der Waals surface area (Å²) in [5.41, 5.74) is 5.24. The van der Waals surface area contributed by atoms with Gasteiger partial charge in [-0.15, -0.1) is 0 Å². The van der Waals surface area contributed by atoms with Gasteiger partial charge in [0.05, 0.1) is 6.10 Å². The molecule has 0 bridgehead atoms. The molecule has 0 amide bonds. The number of aliphatic hydroxyl groups is 1. The van der Waals surface area contributed by atoms with Crippen LogP contribution in [0.15, 0.2) is 0 Å². The highest BCUT2D eigenvalue weighted by Gasteiger charge is 1.99. The second-order valence-corrected chi connectivity index (χ2v) is 2.37. The number of aliphatic hydroxyl groups excluding tert-OH is 1. The van der Waals surface area contributed by atoms with Crippen molar-refractivity contribution in [3.63, 3.8) is 0 Å². The summed E-state index contributed by atoms with van der Waals surface area (Å²) in [5.74, 6) is 0. The van der Waals surface area contributed by atoms with E-state index < -0.39 is 0 Å². The first-order valence-electron chi connectivity index (χ1n) is 3.69. The van der Waals surface area contributed by atoms with Gasteiger partial charge in [0.15, 0.2) is 0 Å². The lowest BCUT2D eigenvalue weighted by Gasteiger charge is -2.06. The summed E-state index contributed by atoms with van der Waals surface area (Å²) in [6.07, 6.45) is 3.77. The molecule has 0 saturated heterocycles. The minimum atomic E-state index is -0.157. The topological polar surface area (TPSA) is 46.2 Å². The van der Waals surface area contributed by atoms with Gasteiger partial charge in [-0.1, -0.05) is 19.8 Å². The summed E-state index contributed by atoms with van der Waals surface area (Å²) in [4.78, 5) is 0. The lowest BCUT2D eigenvalue weighted by molar-refractivity contribution is 0.154. The summed E-state index contributed by atoms with van der Waals surface area (Å²) < 4.78 is 0. The van der Waals surface area contributed by atoms with Gasteiger partial charge in [-0.05, 0) is 19.4 Å². The summed E-state index contributed by atoms with van der Waals surface area (Å²) >= 11 is 0. The highest BCUT2D eigenvalue weighted by atomic mass is 16.3. The summed E-state index contributed by atoms with van der Waals surface area (Å²) in [7, 11) is 0. The van der Waals surface area contributed by atoms with Crippen molar-refractivity contribution in [3.8, 4) is 0 Å². The van der Waals surface area contributed by atoms with Crippen LogP contribution in [-0.4, -0.2) is 17.8 Å². The summed E-state index contributed by atoms with van der Waals surface area (Å²) in [6.45, 7) is 2.72. The van der Waals surface area contributed by atoms with E-state index in [0.29, 0.717) is 6.54 Å². The van der Waals surface area contributed by atoms with Crippen LogP contribution in [0.4, 0.5) is 0 Å². The molecule has 1 atom stereocenters. The van der Waals surface area contributed by atoms with Crippen LogP contribution in [0.3, 0.4) is 0 Å². The molecule has 0 saturated carbocycles. The molecule has 0 aromatic rings. The Labute approximate surface area is 57.1 Å². The molecule has 0 aromatic carbocycles. The van der Waals surface area contributed by atoms with Gasteiger partial charge in [0.2, 0.25) is 0 Å². The molecular weight excluding hydrogens is 114 g/mol. The van der Waals surface area contributed by atoms with Crippen LogP contribution in [0.2, 0.25) is 0 Å². The highest BCUT2D eigenvalue weighted by Crippen LogP contribution is 2.01. The Morgan fingerprint density at radius 3 is 2.56 bits per heavy atom. The Hall–Kier alpha value is -0.0800. The van der Waals surface area contributed by atoms with E-state index in [1.165, 1.54) is 0 Å². The molecule has 2 nitrogen and oxygen atoms in total. The Morgan fingerprint density at radius 2 is 2.11 bits per heavy atom. The molecule has 0 spiro atoms. The second-order valence-electron chi connectivity index (χ2n) is 2.37. The fourth-order valence-electron chi connectivity index (χ4n) is 0.776. The van der Waals surface area contributed by atoms with Crippen molar-refractivity contribution in [1.29, 1.82) is 0 Å². The monoisotopic (exact) mass is 131 g/mol. The largest absolute Gasteiger partial charge is 0.393 e. The van der Waals surface area contributed by atoms with Crippen molar-refractivity contribution in [3.05, 3.63) is 0 Å². The lowest BCUT2D eigenvalue weighted by Crippen LogP contribution is -2.12. The van der Waals surface area contributed by atoms with E-state index in [9.17, 15) is 0 Å². The molecule has 56 valence electrons. The fraction of sp³-hybridized carbons (Fsp3) is 1.00. The van der Waals surface area contributed by atoms with E-state index in [-0.39, 0.29) is 6.10 Å². The number of hydrogen-bond acceptors (Lipinski definition) is 2. The van der Waals surface area contributed by atoms with Crippen LogP contribution >= 0.6 is 0 Å². The van der Waals surface area contributed by atoms with Gasteiger partial charge in [-0.3, -0.25) is 0 Å². The zero-order chi connectivity index (χ0) is 7.11. The maximum absolute atomic E-state index is 9.10. The normalized spacial score (nSPS) is 13.7. The molecule has 2 heteroatoms. The third-order valence-corrected chi connectivity index (χ3v) is 1.39. The van der Waals surface area contributed by atoms with E-state index >= 15 is 0 Å². The van der Waals surface area contributed by atoms with E-state index in [0.717, 1.165) is 25.7 Å². The Morgan fingerprint density at radius 1 is 1.44 bits per heavy atom. The zero-order valence-electron chi connectivity index (χ0n) is 6.14. The lowest BCUT2D eigenvalue weighted by atomic mass is 10.1. The maximum atomic E-state index is 9.10. The third kappa shape index (κ3) is 5.80. The predicted octanol–water partition coefficient (Wildman–Crippen LogP) is 0.886. The molecule has 9 heavy (non-hydrogen) atoms. The second kappa shape index (κ2) is 6.05. The number of hydrogen-bond donors (Lipinski definition) is 2. The molecule has 0 unspecified atom stereocenters. The van der Waals surface area contributed by atoms with Gasteiger partial charge in [0.1, 0.15) is 0 Å². The zero-order valence-corrected chi connectivity index (χ0v) is 6.14. The Bertz CT molecular complexity index is 56.9. The van der Waals surface area contributed by atoms with Crippen molar-refractivity contribution in [2.24, 2.45) is 5.73 Å². The quantitative estimate of drug-likeness (QED) is 0.582. The van der Waals surface area contributed by atoms with Crippen LogP contribution in [0.25, 0.3) is 0 Å². The van der Waals surface area contributed by atoms with E-state index in [1.807, 2.05) is 0 Å². The van der Waals surface area contributed by atoms with Crippen LogP contribution in [0.5, 0.6) is 0 Å². The average Bonchev–Trinajstić information content (AvgIpc) is 1.85. The Balaban J connectivity index is 2.95. The van der Waals surface area contributed by atoms with Crippen molar-refractivity contribution < 1.29 is 5.11 Å². The molecule has 0 aromatic heterocycles. The molecule has 0 fully saturated rings. The molecule has 3 N–H and O–H groups in total. The molecule has 0 heterocycles. The molecule has 0 aliphatic rings. The SMILES string of the molecule is CCCC[C@@H](O)CCN. The summed E-state index contributed by atoms with van der Waals surface area (Å²) in [6, 6.07) is 0. The third-order valence-electron chi connectivity index (χ3n) is 1.39. The van der Waals surface area contributed by atoms with Crippen molar-refractivity contribution in [2.45, 2.75) is 38.7 Å². The standard InChI is InChI=1S/C7H17NO/c1-2-3-4-7(9)5-6-8/h7,9H,2-6,8H2,1H3/t7-/m1/s1. The number of unbranched alkanes of at least 4 members (excludes halogenated alkanes) is 1. The van der Waals surface area contributed by atoms with Crippen molar-refractivity contribution in [2.75, 3.05) is 6.54 Å².